The van der Waals surface area contributed by atoms with Crippen LogP contribution in [0.5, 0.6) is 23.1 Å². The van der Waals surface area contributed by atoms with E-state index in [2.05, 4.69) is 42.0 Å². The Bertz CT molecular complexity index is 1670. The van der Waals surface area contributed by atoms with Crippen molar-refractivity contribution in [3.63, 3.8) is 0 Å². The summed E-state index contributed by atoms with van der Waals surface area (Å²) in [6.07, 6.45) is 4.26. The molecule has 0 spiro atoms. The van der Waals surface area contributed by atoms with Gasteiger partial charge in [0.15, 0.2) is 0 Å². The van der Waals surface area contributed by atoms with Crippen LogP contribution in [-0.2, 0) is 0 Å². The highest BCUT2D eigenvalue weighted by molar-refractivity contribution is 5.89. The Morgan fingerprint density at radius 1 is 0.872 bits per heavy atom. The Labute approximate surface area is 277 Å². The predicted molar refractivity (Wildman–Crippen MR) is 186 cm³/mol. The second kappa shape index (κ2) is 15.6. The van der Waals surface area contributed by atoms with Gasteiger partial charge in [0.05, 0.1) is 32.2 Å². The third-order valence-corrected chi connectivity index (χ3v) is 8.65. The van der Waals surface area contributed by atoms with Crippen molar-refractivity contribution in [1.82, 2.24) is 14.9 Å². The number of aromatic nitrogens is 2. The third-order valence-electron chi connectivity index (χ3n) is 8.65. The first-order valence-corrected chi connectivity index (χ1v) is 16.1. The average molecular weight is 640 g/mol. The zero-order chi connectivity index (χ0) is 33.3. The molecule has 0 atom stereocenters. The van der Waals surface area contributed by atoms with Gasteiger partial charge in [-0.1, -0.05) is 24.6 Å². The van der Waals surface area contributed by atoms with Crippen LogP contribution in [0.3, 0.4) is 0 Å². The fourth-order valence-electron chi connectivity index (χ4n) is 5.61. The number of benzene rings is 3. The molecule has 3 aromatic carbocycles. The fourth-order valence-corrected chi connectivity index (χ4v) is 5.61. The van der Waals surface area contributed by atoms with Crippen LogP contribution in [-0.4, -0.2) is 68.5 Å². The van der Waals surface area contributed by atoms with E-state index in [-0.39, 0.29) is 11.8 Å². The first-order chi connectivity index (χ1) is 22.7. The van der Waals surface area contributed by atoms with Crippen LogP contribution in [0.15, 0.2) is 60.7 Å². The number of nitrogens with one attached hydrogen (secondary N) is 1. The summed E-state index contributed by atoms with van der Waals surface area (Å²) >= 11 is 0. The van der Waals surface area contributed by atoms with E-state index in [1.165, 1.54) is 48.4 Å². The zero-order valence-electron chi connectivity index (χ0n) is 28.3. The number of carbonyl (C=O) groups excluding carboxylic acids is 1. The topological polar surface area (TPSA) is 98.3 Å². The molecule has 1 saturated heterocycles. The summed E-state index contributed by atoms with van der Waals surface area (Å²) in [5, 5.41) is 3.30. The number of amides is 1. The Morgan fingerprint density at radius 3 is 2.34 bits per heavy atom. The molecular formula is C37H45N5O5. The lowest BCUT2D eigenvalue weighted by molar-refractivity contribution is 0.205. The van der Waals surface area contributed by atoms with E-state index in [9.17, 15) is 4.79 Å². The number of likely N-dealkylation sites (tertiary alicyclic amines) is 1. The first-order valence-electron chi connectivity index (χ1n) is 16.1. The second-order valence-electron chi connectivity index (χ2n) is 11.9. The van der Waals surface area contributed by atoms with Gasteiger partial charge in [0.1, 0.15) is 17.2 Å². The number of hydrogen-bond acceptors (Lipinski definition) is 9. The number of hydrogen-bond donors (Lipinski definition) is 1. The maximum absolute atomic E-state index is 13.4. The Hall–Kier alpha value is -4.83. The van der Waals surface area contributed by atoms with Gasteiger partial charge in [-0.2, -0.15) is 4.98 Å². The monoisotopic (exact) mass is 639 g/mol. The molecule has 4 aromatic rings. The van der Waals surface area contributed by atoms with Crippen LogP contribution in [0.2, 0.25) is 0 Å². The van der Waals surface area contributed by atoms with Gasteiger partial charge >= 0.3 is 6.09 Å². The van der Waals surface area contributed by atoms with Crippen LogP contribution < -0.4 is 29.2 Å². The normalized spacial score (nSPS) is 13.1. The molecule has 1 aliphatic heterocycles. The third kappa shape index (κ3) is 8.71. The molecule has 1 N–H and O–H groups in total. The van der Waals surface area contributed by atoms with E-state index in [1.54, 1.807) is 45.5 Å². The SMILES string of the molecule is COc1cc(OC)cc(N(C)C(=O)Oc2cc(-c3ccc(C)c(C)c3C)nc(Nc3cccc(OCCCN4CCCCC4)c3)n2)c1. The molecule has 0 saturated carbocycles. The molecule has 10 nitrogen and oxygen atoms in total. The van der Waals surface area contributed by atoms with Crippen LogP contribution >= 0.6 is 0 Å². The smallest absolute Gasteiger partial charge is 0.420 e. The number of piperidine rings is 1. The minimum Gasteiger partial charge on any atom is -0.497 e. The van der Waals surface area contributed by atoms with Crippen LogP contribution in [0, 0.1) is 20.8 Å². The lowest BCUT2D eigenvalue weighted by Crippen LogP contribution is -2.31. The Kier molecular flexibility index (Phi) is 11.2. The number of ether oxygens (including phenoxy) is 4. The summed E-state index contributed by atoms with van der Waals surface area (Å²) in [6, 6.07) is 18.7. The number of rotatable bonds is 12. The highest BCUT2D eigenvalue weighted by Gasteiger charge is 2.19. The number of nitrogens with zero attached hydrogens (tertiary/aromatic N) is 4. The standard InChI is InChI=1S/C37H45N5O5/c1-25-14-15-33(27(3)26(25)2)34-24-35(47-37(43)41(4)29-21-31(44-5)23-32(22-29)45-6)40-36(39-34)38-28-12-10-13-30(20-28)46-19-11-18-42-16-8-7-9-17-42/h10,12-15,20-24H,7-9,11,16-19H2,1-6H3,(H,38,39,40). The van der Waals surface area contributed by atoms with Gasteiger partial charge in [-0.3, -0.25) is 4.90 Å². The Morgan fingerprint density at radius 2 is 1.62 bits per heavy atom. The number of aryl methyl sites for hydroxylation is 1. The summed E-state index contributed by atoms with van der Waals surface area (Å²) in [5.41, 5.74) is 6.29. The van der Waals surface area contributed by atoms with Gasteiger partial charge in [0, 0.05) is 55.2 Å². The van der Waals surface area contributed by atoms with Crippen molar-refractivity contribution in [3.05, 3.63) is 77.4 Å². The molecular weight excluding hydrogens is 594 g/mol. The molecule has 1 fully saturated rings. The minimum atomic E-state index is -0.632. The predicted octanol–water partition coefficient (Wildman–Crippen LogP) is 7.72. The molecule has 248 valence electrons. The van der Waals surface area contributed by atoms with E-state index < -0.39 is 6.09 Å². The highest BCUT2D eigenvalue weighted by atomic mass is 16.6. The zero-order valence-corrected chi connectivity index (χ0v) is 28.3. The van der Waals surface area contributed by atoms with Crippen molar-refractivity contribution in [2.24, 2.45) is 0 Å². The summed E-state index contributed by atoms with van der Waals surface area (Å²) in [5.74, 6) is 2.25. The molecule has 0 unspecified atom stereocenters. The van der Waals surface area contributed by atoms with E-state index in [0.717, 1.165) is 35.5 Å². The van der Waals surface area contributed by atoms with Gasteiger partial charge in [0.25, 0.3) is 0 Å². The first kappa shape index (κ1) is 33.5. The number of carbonyl (C=O) groups is 1. The molecule has 5 rings (SSSR count). The van der Waals surface area contributed by atoms with E-state index >= 15 is 0 Å². The van der Waals surface area contributed by atoms with Crippen molar-refractivity contribution >= 4 is 23.4 Å². The molecule has 2 heterocycles. The lowest BCUT2D eigenvalue weighted by atomic mass is 9.97. The summed E-state index contributed by atoms with van der Waals surface area (Å²) in [7, 11) is 4.73. The van der Waals surface area contributed by atoms with Crippen molar-refractivity contribution in [2.75, 3.05) is 57.7 Å². The van der Waals surface area contributed by atoms with Gasteiger partial charge in [0.2, 0.25) is 11.8 Å². The fraction of sp³-hybridized carbons (Fsp3) is 0.378. The molecule has 0 radical (unpaired) electrons. The molecule has 1 amide bonds. The van der Waals surface area contributed by atoms with Crippen LogP contribution in [0.4, 0.5) is 22.1 Å². The molecule has 0 aliphatic carbocycles. The second-order valence-corrected chi connectivity index (χ2v) is 11.9. The molecule has 0 bridgehead atoms. The average Bonchev–Trinajstić information content (AvgIpc) is 3.09. The molecule has 47 heavy (non-hydrogen) atoms. The summed E-state index contributed by atoms with van der Waals surface area (Å²) in [6.45, 7) is 10.3. The molecule has 10 heteroatoms. The van der Waals surface area contributed by atoms with Gasteiger partial charge in [-0.25, -0.2) is 9.78 Å². The quantitative estimate of drug-likeness (QED) is 0.156. The molecule has 1 aromatic heterocycles. The van der Waals surface area contributed by atoms with Crippen molar-refractivity contribution in [1.29, 1.82) is 0 Å². The van der Waals surface area contributed by atoms with Crippen LogP contribution in [0.25, 0.3) is 11.3 Å². The van der Waals surface area contributed by atoms with Gasteiger partial charge < -0.3 is 29.2 Å². The lowest BCUT2D eigenvalue weighted by Gasteiger charge is -2.26. The van der Waals surface area contributed by atoms with Gasteiger partial charge in [-0.15, -0.1) is 0 Å². The van der Waals surface area contributed by atoms with Crippen molar-refractivity contribution < 1.29 is 23.7 Å². The summed E-state index contributed by atoms with van der Waals surface area (Å²) < 4.78 is 22.7. The minimum absolute atomic E-state index is 0.104. The van der Waals surface area contributed by atoms with E-state index in [4.69, 9.17) is 23.9 Å². The maximum Gasteiger partial charge on any atom is 0.420 e. The van der Waals surface area contributed by atoms with Gasteiger partial charge in [-0.05, 0) is 81.9 Å². The number of anilines is 3. The summed E-state index contributed by atoms with van der Waals surface area (Å²) in [4.78, 5) is 26.7. The largest absolute Gasteiger partial charge is 0.497 e. The maximum atomic E-state index is 13.4. The van der Waals surface area contributed by atoms with E-state index in [1.807, 2.05) is 30.3 Å². The van der Waals surface area contributed by atoms with Crippen molar-refractivity contribution in [3.8, 4) is 34.4 Å². The molecule has 1 aliphatic rings. The number of methoxy groups -OCH3 is 2. The highest BCUT2D eigenvalue weighted by Crippen LogP contribution is 2.32. The Balaban J connectivity index is 1.37. The van der Waals surface area contributed by atoms with Crippen molar-refractivity contribution in [2.45, 2.75) is 46.5 Å². The van der Waals surface area contributed by atoms with Crippen LogP contribution in [0.1, 0.15) is 42.4 Å². The van der Waals surface area contributed by atoms with E-state index in [0.29, 0.717) is 29.5 Å².